The quantitative estimate of drug-likeness (QED) is 0.724. The molecule has 0 saturated carbocycles. The minimum atomic E-state index is -0.216. The molecule has 2 aromatic carbocycles. The largest absolute Gasteiger partial charge is 0.313 e. The van der Waals surface area contributed by atoms with Crippen molar-refractivity contribution < 1.29 is 4.39 Å². The molecule has 0 N–H and O–H groups in total. The molecular formula is C16H14FN3. The molecule has 0 amide bonds. The summed E-state index contributed by atoms with van der Waals surface area (Å²) in [4.78, 5) is 0. The second-order valence-electron chi connectivity index (χ2n) is 4.71. The highest BCUT2D eigenvalue weighted by Gasteiger charge is 2.07. The van der Waals surface area contributed by atoms with Gasteiger partial charge in [-0.25, -0.2) is 4.39 Å². The SMILES string of the molecule is CC(c1ccc(-c2ccc(F)cc2)cc1)n1cnnc1. The van der Waals surface area contributed by atoms with Crippen molar-refractivity contribution in [2.45, 2.75) is 13.0 Å². The molecule has 4 heteroatoms. The highest BCUT2D eigenvalue weighted by Crippen LogP contribution is 2.23. The molecule has 0 saturated heterocycles. The lowest BCUT2D eigenvalue weighted by Crippen LogP contribution is -2.03. The summed E-state index contributed by atoms with van der Waals surface area (Å²) in [5, 5.41) is 7.64. The molecule has 3 aromatic rings. The number of benzene rings is 2. The van der Waals surface area contributed by atoms with Crippen LogP contribution in [0.5, 0.6) is 0 Å². The van der Waals surface area contributed by atoms with Crippen LogP contribution < -0.4 is 0 Å². The minimum absolute atomic E-state index is 0.187. The summed E-state index contributed by atoms with van der Waals surface area (Å²) >= 11 is 0. The van der Waals surface area contributed by atoms with Crippen LogP contribution in [0.15, 0.2) is 61.2 Å². The number of rotatable bonds is 3. The fourth-order valence-electron chi connectivity index (χ4n) is 2.18. The second-order valence-corrected chi connectivity index (χ2v) is 4.71. The molecule has 0 spiro atoms. The van der Waals surface area contributed by atoms with Crippen molar-refractivity contribution in [3.05, 3.63) is 72.6 Å². The van der Waals surface area contributed by atoms with E-state index < -0.39 is 0 Å². The van der Waals surface area contributed by atoms with Gasteiger partial charge in [-0.05, 0) is 35.7 Å². The van der Waals surface area contributed by atoms with Crippen LogP contribution >= 0.6 is 0 Å². The molecule has 0 aliphatic heterocycles. The summed E-state index contributed by atoms with van der Waals surface area (Å²) in [5.41, 5.74) is 3.26. The second kappa shape index (κ2) is 5.25. The molecule has 100 valence electrons. The Morgan fingerprint density at radius 2 is 1.35 bits per heavy atom. The average Bonchev–Trinajstić information content (AvgIpc) is 3.02. The number of halogens is 1. The maximum Gasteiger partial charge on any atom is 0.123 e. The first-order valence-corrected chi connectivity index (χ1v) is 6.44. The lowest BCUT2D eigenvalue weighted by Gasteiger charge is -2.13. The van der Waals surface area contributed by atoms with E-state index in [1.807, 2.05) is 16.7 Å². The Hall–Kier alpha value is -2.49. The number of hydrogen-bond donors (Lipinski definition) is 0. The third kappa shape index (κ3) is 2.45. The van der Waals surface area contributed by atoms with E-state index in [-0.39, 0.29) is 11.9 Å². The van der Waals surface area contributed by atoms with Gasteiger partial charge in [0.2, 0.25) is 0 Å². The van der Waals surface area contributed by atoms with Gasteiger partial charge in [0.15, 0.2) is 0 Å². The van der Waals surface area contributed by atoms with E-state index >= 15 is 0 Å². The van der Waals surface area contributed by atoms with Gasteiger partial charge in [0, 0.05) is 0 Å². The van der Waals surface area contributed by atoms with Crippen molar-refractivity contribution in [3.63, 3.8) is 0 Å². The number of hydrogen-bond acceptors (Lipinski definition) is 2. The first-order valence-electron chi connectivity index (χ1n) is 6.44. The van der Waals surface area contributed by atoms with Crippen LogP contribution in [0.3, 0.4) is 0 Å². The lowest BCUT2D eigenvalue weighted by molar-refractivity contribution is 0.628. The van der Waals surface area contributed by atoms with Crippen LogP contribution in [-0.4, -0.2) is 14.8 Å². The van der Waals surface area contributed by atoms with Crippen molar-refractivity contribution >= 4 is 0 Å². The third-order valence-corrected chi connectivity index (χ3v) is 3.45. The average molecular weight is 267 g/mol. The fraction of sp³-hybridized carbons (Fsp3) is 0.125. The van der Waals surface area contributed by atoms with Crippen LogP contribution in [0.4, 0.5) is 4.39 Å². The van der Waals surface area contributed by atoms with Gasteiger partial charge in [0.1, 0.15) is 18.5 Å². The number of nitrogens with zero attached hydrogens (tertiary/aromatic N) is 3. The summed E-state index contributed by atoms with van der Waals surface area (Å²) in [6, 6.07) is 14.9. The van der Waals surface area contributed by atoms with E-state index in [0.717, 1.165) is 11.1 Å². The van der Waals surface area contributed by atoms with E-state index in [4.69, 9.17) is 0 Å². The van der Waals surface area contributed by atoms with Gasteiger partial charge in [0.25, 0.3) is 0 Å². The first kappa shape index (κ1) is 12.5. The molecule has 1 heterocycles. The van der Waals surface area contributed by atoms with Crippen molar-refractivity contribution in [3.8, 4) is 11.1 Å². The monoisotopic (exact) mass is 267 g/mol. The highest BCUT2D eigenvalue weighted by molar-refractivity contribution is 5.63. The van der Waals surface area contributed by atoms with E-state index in [1.165, 1.54) is 17.7 Å². The standard InChI is InChI=1S/C16H14FN3/c1-12(20-10-18-19-11-20)13-2-4-14(5-3-13)15-6-8-16(17)9-7-15/h2-12H,1H3. The predicted molar refractivity (Wildman–Crippen MR) is 75.7 cm³/mol. The molecule has 3 nitrogen and oxygen atoms in total. The Kier molecular flexibility index (Phi) is 3.29. The smallest absolute Gasteiger partial charge is 0.123 e. The molecule has 0 aliphatic carbocycles. The molecule has 0 aliphatic rings. The molecule has 1 atom stereocenters. The molecule has 1 aromatic heterocycles. The molecule has 0 radical (unpaired) electrons. The minimum Gasteiger partial charge on any atom is -0.313 e. The third-order valence-electron chi connectivity index (χ3n) is 3.45. The molecular weight excluding hydrogens is 253 g/mol. The van der Waals surface area contributed by atoms with E-state index in [9.17, 15) is 4.39 Å². The lowest BCUT2D eigenvalue weighted by atomic mass is 10.0. The summed E-state index contributed by atoms with van der Waals surface area (Å²) < 4.78 is 14.9. The van der Waals surface area contributed by atoms with Crippen LogP contribution in [-0.2, 0) is 0 Å². The zero-order valence-electron chi connectivity index (χ0n) is 11.1. The molecule has 3 rings (SSSR count). The topological polar surface area (TPSA) is 30.7 Å². The van der Waals surface area contributed by atoms with Gasteiger partial charge in [-0.15, -0.1) is 10.2 Å². The molecule has 20 heavy (non-hydrogen) atoms. The van der Waals surface area contributed by atoms with Crippen LogP contribution in [0.25, 0.3) is 11.1 Å². The predicted octanol–water partition coefficient (Wildman–Crippen LogP) is 3.69. The van der Waals surface area contributed by atoms with E-state index in [1.54, 1.807) is 24.8 Å². The Bertz CT molecular complexity index is 673. The molecule has 0 bridgehead atoms. The van der Waals surface area contributed by atoms with Gasteiger partial charge < -0.3 is 4.57 Å². The maximum atomic E-state index is 12.9. The van der Waals surface area contributed by atoms with Gasteiger partial charge in [0.05, 0.1) is 6.04 Å². The highest BCUT2D eigenvalue weighted by atomic mass is 19.1. The summed E-state index contributed by atoms with van der Waals surface area (Å²) in [6.45, 7) is 2.09. The number of aromatic nitrogens is 3. The summed E-state index contributed by atoms with van der Waals surface area (Å²) in [7, 11) is 0. The fourth-order valence-corrected chi connectivity index (χ4v) is 2.18. The normalized spacial score (nSPS) is 12.3. The Balaban J connectivity index is 1.86. The Labute approximate surface area is 116 Å². The van der Waals surface area contributed by atoms with Crippen molar-refractivity contribution in [1.29, 1.82) is 0 Å². The van der Waals surface area contributed by atoms with Crippen LogP contribution in [0.1, 0.15) is 18.5 Å². The van der Waals surface area contributed by atoms with Crippen molar-refractivity contribution in [2.75, 3.05) is 0 Å². The molecule has 0 fully saturated rings. The zero-order chi connectivity index (χ0) is 13.9. The van der Waals surface area contributed by atoms with Crippen molar-refractivity contribution in [2.24, 2.45) is 0 Å². The van der Waals surface area contributed by atoms with Gasteiger partial charge in [-0.1, -0.05) is 36.4 Å². The van der Waals surface area contributed by atoms with E-state index in [0.29, 0.717) is 0 Å². The summed E-state index contributed by atoms with van der Waals surface area (Å²) in [6.07, 6.45) is 3.41. The van der Waals surface area contributed by atoms with Gasteiger partial charge >= 0.3 is 0 Å². The Morgan fingerprint density at radius 1 is 0.850 bits per heavy atom. The van der Waals surface area contributed by atoms with Crippen molar-refractivity contribution in [1.82, 2.24) is 14.8 Å². The van der Waals surface area contributed by atoms with Crippen LogP contribution in [0, 0.1) is 5.82 Å². The maximum absolute atomic E-state index is 12.9. The van der Waals surface area contributed by atoms with Gasteiger partial charge in [-0.3, -0.25) is 0 Å². The molecule has 1 unspecified atom stereocenters. The Morgan fingerprint density at radius 3 is 1.90 bits per heavy atom. The van der Waals surface area contributed by atoms with Crippen LogP contribution in [0.2, 0.25) is 0 Å². The summed E-state index contributed by atoms with van der Waals surface area (Å²) in [5.74, 6) is -0.216. The van der Waals surface area contributed by atoms with Gasteiger partial charge in [-0.2, -0.15) is 0 Å². The zero-order valence-corrected chi connectivity index (χ0v) is 11.1. The first-order chi connectivity index (χ1) is 9.74. The van der Waals surface area contributed by atoms with E-state index in [2.05, 4.69) is 29.3 Å².